The Morgan fingerprint density at radius 3 is 2.62 bits per heavy atom. The van der Waals surface area contributed by atoms with Gasteiger partial charge in [-0.2, -0.15) is 0 Å². The molecule has 1 rings (SSSR count). The maximum Gasteiger partial charge on any atom is 0.251 e. The van der Waals surface area contributed by atoms with E-state index in [1.54, 1.807) is 24.3 Å². The molecular formula is C16H25N3OS. The van der Waals surface area contributed by atoms with Gasteiger partial charge in [0.25, 0.3) is 5.91 Å². The number of rotatable bonds is 8. The Bertz CT molecular complexity index is 488. The summed E-state index contributed by atoms with van der Waals surface area (Å²) in [5.74, 6) is -0.0784. The Morgan fingerprint density at radius 1 is 1.33 bits per heavy atom. The van der Waals surface area contributed by atoms with Gasteiger partial charge in [-0.3, -0.25) is 4.79 Å². The van der Waals surface area contributed by atoms with Crippen molar-refractivity contribution in [2.45, 2.75) is 32.7 Å². The summed E-state index contributed by atoms with van der Waals surface area (Å²) < 4.78 is 0. The molecule has 0 saturated heterocycles. The van der Waals surface area contributed by atoms with Crippen molar-refractivity contribution in [3.63, 3.8) is 0 Å². The molecule has 3 N–H and O–H groups in total. The van der Waals surface area contributed by atoms with E-state index in [9.17, 15) is 4.79 Å². The minimum atomic E-state index is -0.0784. The van der Waals surface area contributed by atoms with Crippen molar-refractivity contribution in [3.8, 4) is 0 Å². The van der Waals surface area contributed by atoms with Crippen LogP contribution in [0.3, 0.4) is 0 Å². The minimum absolute atomic E-state index is 0.0784. The van der Waals surface area contributed by atoms with Crippen LogP contribution in [-0.4, -0.2) is 42.0 Å². The lowest BCUT2D eigenvalue weighted by Gasteiger charge is -2.20. The topological polar surface area (TPSA) is 58.4 Å². The summed E-state index contributed by atoms with van der Waals surface area (Å²) in [5.41, 5.74) is 6.89. The number of hydrogen-bond acceptors (Lipinski definition) is 3. The third-order valence-corrected chi connectivity index (χ3v) is 3.75. The van der Waals surface area contributed by atoms with Crippen LogP contribution in [0.5, 0.6) is 0 Å². The number of carbonyl (C=O) groups is 1. The number of nitrogens with zero attached hydrogens (tertiary/aromatic N) is 1. The second-order valence-electron chi connectivity index (χ2n) is 5.48. The predicted octanol–water partition coefficient (Wildman–Crippen LogP) is 2.17. The van der Waals surface area contributed by atoms with Crippen molar-refractivity contribution in [3.05, 3.63) is 35.4 Å². The molecule has 116 valence electrons. The lowest BCUT2D eigenvalue weighted by molar-refractivity contribution is 0.0952. The average molecular weight is 307 g/mol. The summed E-state index contributed by atoms with van der Waals surface area (Å²) in [4.78, 5) is 14.6. The van der Waals surface area contributed by atoms with Gasteiger partial charge in [-0.15, -0.1) is 0 Å². The number of thiocarbonyl (C=S) groups is 1. The number of benzene rings is 1. The Kier molecular flexibility index (Phi) is 7.32. The summed E-state index contributed by atoms with van der Waals surface area (Å²) in [6.45, 7) is 6.08. The number of nitrogens with two attached hydrogens (primary N) is 1. The van der Waals surface area contributed by atoms with Gasteiger partial charge in [0.2, 0.25) is 0 Å². The van der Waals surface area contributed by atoms with Crippen LogP contribution in [0.1, 0.15) is 42.6 Å². The lowest BCUT2D eigenvalue weighted by atomic mass is 10.1. The molecule has 0 atom stereocenters. The predicted molar refractivity (Wildman–Crippen MR) is 91.7 cm³/mol. The van der Waals surface area contributed by atoms with Crippen LogP contribution in [0.2, 0.25) is 0 Å². The van der Waals surface area contributed by atoms with Gasteiger partial charge in [-0.1, -0.05) is 24.4 Å². The zero-order chi connectivity index (χ0) is 15.8. The summed E-state index contributed by atoms with van der Waals surface area (Å²) in [6.07, 6.45) is 2.04. The fraction of sp³-hybridized carbons (Fsp3) is 0.500. The molecule has 0 aliphatic carbocycles. The Hall–Kier alpha value is -1.46. The molecule has 5 heteroatoms. The molecule has 1 aromatic rings. The quantitative estimate of drug-likeness (QED) is 0.571. The normalized spacial score (nSPS) is 10.9. The van der Waals surface area contributed by atoms with Crippen LogP contribution in [0, 0.1) is 0 Å². The molecule has 0 unspecified atom stereocenters. The maximum atomic E-state index is 12.0. The van der Waals surface area contributed by atoms with Crippen LogP contribution in [0.15, 0.2) is 24.3 Å². The van der Waals surface area contributed by atoms with Gasteiger partial charge in [-0.05, 0) is 52.4 Å². The van der Waals surface area contributed by atoms with E-state index in [2.05, 4.69) is 31.1 Å². The first-order chi connectivity index (χ1) is 9.91. The van der Waals surface area contributed by atoms with Crippen LogP contribution in [0.25, 0.3) is 0 Å². The zero-order valence-corrected chi connectivity index (χ0v) is 13.9. The van der Waals surface area contributed by atoms with E-state index < -0.39 is 0 Å². The van der Waals surface area contributed by atoms with Gasteiger partial charge in [0.05, 0.1) is 0 Å². The Morgan fingerprint density at radius 2 is 2.00 bits per heavy atom. The van der Waals surface area contributed by atoms with Crippen molar-refractivity contribution < 1.29 is 4.79 Å². The zero-order valence-electron chi connectivity index (χ0n) is 13.1. The van der Waals surface area contributed by atoms with E-state index in [0.717, 1.165) is 24.9 Å². The molecule has 0 heterocycles. The molecule has 21 heavy (non-hydrogen) atoms. The van der Waals surface area contributed by atoms with Crippen LogP contribution >= 0.6 is 12.2 Å². The molecule has 0 radical (unpaired) electrons. The first-order valence-corrected chi connectivity index (χ1v) is 7.71. The second-order valence-corrected chi connectivity index (χ2v) is 5.92. The molecule has 4 nitrogen and oxygen atoms in total. The van der Waals surface area contributed by atoms with E-state index in [1.165, 1.54) is 0 Å². The van der Waals surface area contributed by atoms with Crippen molar-refractivity contribution in [1.29, 1.82) is 0 Å². The summed E-state index contributed by atoms with van der Waals surface area (Å²) in [6, 6.07) is 7.65. The molecule has 0 bridgehead atoms. The largest absolute Gasteiger partial charge is 0.389 e. The molecule has 0 aromatic heterocycles. The molecule has 0 fully saturated rings. The molecule has 0 spiro atoms. The summed E-state index contributed by atoms with van der Waals surface area (Å²) in [7, 11) is 2.12. The van der Waals surface area contributed by atoms with Crippen molar-refractivity contribution in [2.75, 3.05) is 20.1 Å². The van der Waals surface area contributed by atoms with Gasteiger partial charge in [0.1, 0.15) is 4.99 Å². The first-order valence-electron chi connectivity index (χ1n) is 7.30. The fourth-order valence-corrected chi connectivity index (χ4v) is 1.99. The molecule has 0 saturated carbocycles. The Balaban J connectivity index is 2.34. The molecular weight excluding hydrogens is 282 g/mol. The highest BCUT2D eigenvalue weighted by Gasteiger charge is 2.07. The van der Waals surface area contributed by atoms with E-state index >= 15 is 0 Å². The number of amides is 1. The number of unbranched alkanes of at least 4 members (excludes halogenated alkanes) is 1. The number of nitrogens with one attached hydrogen (secondary N) is 1. The number of carbonyl (C=O) groups excluding carboxylic acids is 1. The number of hydrogen-bond donors (Lipinski definition) is 2. The fourth-order valence-electron chi connectivity index (χ4n) is 1.86. The van der Waals surface area contributed by atoms with Crippen molar-refractivity contribution >= 4 is 23.1 Å². The molecule has 1 aromatic carbocycles. The highest BCUT2D eigenvalue weighted by Crippen LogP contribution is 2.05. The Labute approximate surface area is 132 Å². The first kappa shape index (κ1) is 17.6. The highest BCUT2D eigenvalue weighted by atomic mass is 32.1. The third-order valence-electron chi connectivity index (χ3n) is 3.51. The molecule has 0 aliphatic heterocycles. The van der Waals surface area contributed by atoms with Gasteiger partial charge in [0.15, 0.2) is 0 Å². The van der Waals surface area contributed by atoms with E-state index in [0.29, 0.717) is 23.1 Å². The standard InChI is InChI=1S/C16H25N3OS/c1-12(2)19(3)10-5-4-9-18-16(20)14-8-6-7-13(11-14)15(17)21/h6-8,11-12H,4-5,9-10H2,1-3H3,(H2,17,21)(H,18,20). The van der Waals surface area contributed by atoms with Crippen LogP contribution < -0.4 is 11.1 Å². The SMILES string of the molecule is CC(C)N(C)CCCCNC(=O)c1cccc(C(N)=S)c1. The van der Waals surface area contributed by atoms with Crippen molar-refractivity contribution in [1.82, 2.24) is 10.2 Å². The highest BCUT2D eigenvalue weighted by molar-refractivity contribution is 7.80. The van der Waals surface area contributed by atoms with Crippen LogP contribution in [-0.2, 0) is 0 Å². The van der Waals surface area contributed by atoms with E-state index in [-0.39, 0.29) is 5.91 Å². The van der Waals surface area contributed by atoms with Crippen molar-refractivity contribution in [2.24, 2.45) is 5.73 Å². The average Bonchev–Trinajstić information content (AvgIpc) is 2.46. The van der Waals surface area contributed by atoms with Gasteiger partial charge in [0, 0.05) is 23.7 Å². The maximum absolute atomic E-state index is 12.0. The van der Waals surface area contributed by atoms with Gasteiger partial charge >= 0.3 is 0 Å². The summed E-state index contributed by atoms with van der Waals surface area (Å²) in [5, 5.41) is 2.93. The lowest BCUT2D eigenvalue weighted by Crippen LogP contribution is -2.29. The van der Waals surface area contributed by atoms with E-state index in [1.807, 2.05) is 0 Å². The smallest absolute Gasteiger partial charge is 0.251 e. The van der Waals surface area contributed by atoms with Gasteiger partial charge < -0.3 is 16.0 Å². The van der Waals surface area contributed by atoms with E-state index in [4.69, 9.17) is 18.0 Å². The monoisotopic (exact) mass is 307 g/mol. The second kappa shape index (κ2) is 8.74. The minimum Gasteiger partial charge on any atom is -0.389 e. The molecule has 1 amide bonds. The summed E-state index contributed by atoms with van der Waals surface area (Å²) >= 11 is 4.92. The van der Waals surface area contributed by atoms with Gasteiger partial charge in [-0.25, -0.2) is 0 Å². The third kappa shape index (κ3) is 6.23. The van der Waals surface area contributed by atoms with Crippen LogP contribution in [0.4, 0.5) is 0 Å². The molecule has 0 aliphatic rings.